The van der Waals surface area contributed by atoms with Crippen LogP contribution in [-0.4, -0.2) is 26.4 Å². The van der Waals surface area contributed by atoms with Gasteiger partial charge in [0.05, 0.1) is 13.2 Å². The van der Waals surface area contributed by atoms with E-state index in [1.165, 1.54) is 18.4 Å². The van der Waals surface area contributed by atoms with Gasteiger partial charge in [0.15, 0.2) is 11.5 Å². The van der Waals surface area contributed by atoms with Crippen LogP contribution in [0.15, 0.2) is 18.2 Å². The predicted molar refractivity (Wildman–Crippen MR) is 74.7 cm³/mol. The number of rotatable bonds is 5. The molecule has 0 bridgehead atoms. The quantitative estimate of drug-likeness (QED) is 0.778. The molecule has 1 heterocycles. The van der Waals surface area contributed by atoms with Gasteiger partial charge >= 0.3 is 0 Å². The summed E-state index contributed by atoms with van der Waals surface area (Å²) in [6, 6.07) is 5.97. The highest BCUT2D eigenvalue weighted by Gasteiger charge is 2.15. The van der Waals surface area contributed by atoms with Crippen LogP contribution in [0.25, 0.3) is 0 Å². The molecule has 18 heavy (non-hydrogen) atoms. The zero-order valence-corrected chi connectivity index (χ0v) is 12.2. The summed E-state index contributed by atoms with van der Waals surface area (Å²) >= 11 is 3.44. The summed E-state index contributed by atoms with van der Waals surface area (Å²) < 4.78 is 16.8. The maximum Gasteiger partial charge on any atom is 0.161 e. The van der Waals surface area contributed by atoms with E-state index in [1.54, 1.807) is 7.11 Å². The van der Waals surface area contributed by atoms with Gasteiger partial charge in [-0.15, -0.1) is 0 Å². The third kappa shape index (κ3) is 3.62. The van der Waals surface area contributed by atoms with E-state index in [0.29, 0.717) is 6.61 Å². The second kappa shape index (κ2) is 7.00. The Balaban J connectivity index is 1.97. The van der Waals surface area contributed by atoms with Crippen LogP contribution < -0.4 is 9.47 Å². The molecule has 1 saturated heterocycles. The Morgan fingerprint density at radius 3 is 2.89 bits per heavy atom. The summed E-state index contributed by atoms with van der Waals surface area (Å²) in [6.45, 7) is 1.45. The Bertz CT molecular complexity index is 375. The second-order valence-electron chi connectivity index (χ2n) is 4.42. The van der Waals surface area contributed by atoms with Crippen molar-refractivity contribution in [3.8, 4) is 11.5 Å². The van der Waals surface area contributed by atoms with E-state index in [0.717, 1.165) is 29.9 Å². The molecule has 1 aromatic carbocycles. The molecule has 2 rings (SSSR count). The smallest absolute Gasteiger partial charge is 0.161 e. The highest BCUT2D eigenvalue weighted by atomic mass is 79.9. The first-order valence-corrected chi connectivity index (χ1v) is 7.43. The Hall–Kier alpha value is -0.740. The molecule has 1 atom stereocenters. The van der Waals surface area contributed by atoms with Gasteiger partial charge in [-0.3, -0.25) is 0 Å². The summed E-state index contributed by atoms with van der Waals surface area (Å²) in [5.41, 5.74) is 1.18. The molecule has 0 saturated carbocycles. The molecular formula is C14H19BrO3. The topological polar surface area (TPSA) is 27.7 Å². The van der Waals surface area contributed by atoms with Crippen molar-refractivity contribution < 1.29 is 14.2 Å². The van der Waals surface area contributed by atoms with Gasteiger partial charge < -0.3 is 14.2 Å². The fourth-order valence-electron chi connectivity index (χ4n) is 2.04. The average molecular weight is 315 g/mol. The molecule has 1 fully saturated rings. The Labute approximate surface area is 117 Å². The lowest BCUT2D eigenvalue weighted by molar-refractivity contribution is -0.0114. The third-order valence-electron chi connectivity index (χ3n) is 3.08. The zero-order chi connectivity index (χ0) is 12.8. The summed E-state index contributed by atoms with van der Waals surface area (Å²) in [4.78, 5) is 0. The largest absolute Gasteiger partial charge is 0.493 e. The molecule has 4 heteroatoms. The van der Waals surface area contributed by atoms with Gasteiger partial charge in [-0.1, -0.05) is 22.0 Å². The summed E-state index contributed by atoms with van der Waals surface area (Å²) in [5.74, 6) is 1.57. The summed E-state index contributed by atoms with van der Waals surface area (Å²) in [7, 11) is 1.66. The molecule has 0 N–H and O–H groups in total. The number of hydrogen-bond acceptors (Lipinski definition) is 3. The first kappa shape index (κ1) is 13.7. The molecule has 1 unspecified atom stereocenters. The first-order chi connectivity index (χ1) is 8.83. The van der Waals surface area contributed by atoms with Crippen molar-refractivity contribution in [1.82, 2.24) is 0 Å². The standard InChI is InChI=1S/C14H19BrO3/c1-16-13-6-5-11(9-15)8-14(13)18-10-12-4-2-3-7-17-12/h5-6,8,12H,2-4,7,9-10H2,1H3. The van der Waals surface area contributed by atoms with Crippen molar-refractivity contribution in [3.63, 3.8) is 0 Å². The van der Waals surface area contributed by atoms with Crippen LogP contribution in [0.3, 0.4) is 0 Å². The molecule has 1 aliphatic heterocycles. The maximum absolute atomic E-state index is 5.84. The Morgan fingerprint density at radius 1 is 1.33 bits per heavy atom. The number of alkyl halides is 1. The van der Waals surface area contributed by atoms with Crippen molar-refractivity contribution in [3.05, 3.63) is 23.8 Å². The van der Waals surface area contributed by atoms with Crippen LogP contribution in [0.2, 0.25) is 0 Å². The minimum absolute atomic E-state index is 0.219. The lowest BCUT2D eigenvalue weighted by Crippen LogP contribution is -2.25. The number of halogens is 1. The molecule has 0 radical (unpaired) electrons. The van der Waals surface area contributed by atoms with Crippen molar-refractivity contribution in [1.29, 1.82) is 0 Å². The van der Waals surface area contributed by atoms with Gasteiger partial charge in [-0.2, -0.15) is 0 Å². The molecule has 0 aliphatic carbocycles. The highest BCUT2D eigenvalue weighted by molar-refractivity contribution is 9.08. The molecule has 0 aromatic heterocycles. The second-order valence-corrected chi connectivity index (χ2v) is 4.98. The first-order valence-electron chi connectivity index (χ1n) is 6.30. The van der Waals surface area contributed by atoms with E-state index in [2.05, 4.69) is 15.9 Å². The van der Waals surface area contributed by atoms with Gasteiger partial charge in [0.1, 0.15) is 6.61 Å². The van der Waals surface area contributed by atoms with Crippen LogP contribution in [0.1, 0.15) is 24.8 Å². The van der Waals surface area contributed by atoms with Crippen LogP contribution in [-0.2, 0) is 10.1 Å². The van der Waals surface area contributed by atoms with Crippen LogP contribution in [0, 0.1) is 0 Å². The molecular weight excluding hydrogens is 296 g/mol. The lowest BCUT2D eigenvalue weighted by Gasteiger charge is -2.23. The van der Waals surface area contributed by atoms with E-state index < -0.39 is 0 Å². The van der Waals surface area contributed by atoms with Crippen LogP contribution in [0.4, 0.5) is 0 Å². The van der Waals surface area contributed by atoms with Crippen LogP contribution >= 0.6 is 15.9 Å². The van der Waals surface area contributed by atoms with E-state index in [4.69, 9.17) is 14.2 Å². The van der Waals surface area contributed by atoms with Gasteiger partial charge in [0, 0.05) is 11.9 Å². The summed E-state index contributed by atoms with van der Waals surface area (Å²) in [6.07, 6.45) is 3.70. The van der Waals surface area contributed by atoms with Gasteiger partial charge in [0.2, 0.25) is 0 Å². The fraction of sp³-hybridized carbons (Fsp3) is 0.571. The van der Waals surface area contributed by atoms with Gasteiger partial charge in [-0.05, 0) is 37.0 Å². The molecule has 0 amide bonds. The van der Waals surface area contributed by atoms with E-state index in [1.807, 2.05) is 18.2 Å². The predicted octanol–water partition coefficient (Wildman–Crippen LogP) is 3.54. The average Bonchev–Trinajstić information content (AvgIpc) is 2.45. The number of methoxy groups -OCH3 is 1. The normalized spacial score (nSPS) is 19.6. The van der Waals surface area contributed by atoms with E-state index in [9.17, 15) is 0 Å². The Kier molecular flexibility index (Phi) is 5.32. The van der Waals surface area contributed by atoms with Crippen molar-refractivity contribution in [2.24, 2.45) is 0 Å². The van der Waals surface area contributed by atoms with Crippen molar-refractivity contribution >= 4 is 15.9 Å². The number of hydrogen-bond donors (Lipinski definition) is 0. The maximum atomic E-state index is 5.84. The van der Waals surface area contributed by atoms with Gasteiger partial charge in [-0.25, -0.2) is 0 Å². The van der Waals surface area contributed by atoms with E-state index >= 15 is 0 Å². The van der Waals surface area contributed by atoms with Crippen molar-refractivity contribution in [2.45, 2.75) is 30.7 Å². The lowest BCUT2D eigenvalue weighted by atomic mass is 10.1. The summed E-state index contributed by atoms with van der Waals surface area (Å²) in [5, 5.41) is 0.813. The zero-order valence-electron chi connectivity index (χ0n) is 10.7. The molecule has 1 aromatic rings. The Morgan fingerprint density at radius 2 is 2.22 bits per heavy atom. The molecule has 0 spiro atoms. The molecule has 3 nitrogen and oxygen atoms in total. The molecule has 100 valence electrons. The van der Waals surface area contributed by atoms with Crippen LogP contribution in [0.5, 0.6) is 11.5 Å². The number of benzene rings is 1. The monoisotopic (exact) mass is 314 g/mol. The highest BCUT2D eigenvalue weighted by Crippen LogP contribution is 2.29. The third-order valence-corrected chi connectivity index (χ3v) is 3.73. The number of ether oxygens (including phenoxy) is 3. The van der Waals surface area contributed by atoms with E-state index in [-0.39, 0.29) is 6.10 Å². The van der Waals surface area contributed by atoms with Gasteiger partial charge in [0.25, 0.3) is 0 Å². The minimum Gasteiger partial charge on any atom is -0.493 e. The molecule has 1 aliphatic rings. The van der Waals surface area contributed by atoms with Crippen molar-refractivity contribution in [2.75, 3.05) is 20.3 Å². The fourth-order valence-corrected chi connectivity index (χ4v) is 2.39. The minimum atomic E-state index is 0.219. The SMILES string of the molecule is COc1ccc(CBr)cc1OCC1CCCCO1.